The summed E-state index contributed by atoms with van der Waals surface area (Å²) >= 11 is 0. The molecule has 0 bridgehead atoms. The van der Waals surface area contributed by atoms with Gasteiger partial charge in [-0.05, 0) is 35.0 Å². The van der Waals surface area contributed by atoms with Crippen molar-refractivity contribution in [2.24, 2.45) is 0 Å². The fraction of sp³-hybridized carbons (Fsp3) is 0.176. The Balaban J connectivity index is 1.85. The van der Waals surface area contributed by atoms with Gasteiger partial charge in [0.1, 0.15) is 0 Å². The molecule has 2 aromatic carbocycles. The average molecular weight is 325 g/mol. The first-order valence-electron chi connectivity index (χ1n) is 7.67. The molecule has 0 radical (unpaired) electrons. The minimum atomic E-state index is -2.89. The highest BCUT2D eigenvalue weighted by atomic mass is 19.3. The van der Waals surface area contributed by atoms with Crippen LogP contribution in [0.2, 0.25) is 6.32 Å². The van der Waals surface area contributed by atoms with Crippen molar-refractivity contribution in [3.8, 4) is 11.1 Å². The van der Waals surface area contributed by atoms with Crippen LogP contribution in [0.5, 0.6) is 0 Å². The van der Waals surface area contributed by atoms with Gasteiger partial charge in [0.2, 0.25) is 0 Å². The van der Waals surface area contributed by atoms with Crippen LogP contribution in [-0.2, 0) is 5.92 Å². The van der Waals surface area contributed by atoms with Gasteiger partial charge in [0, 0.05) is 17.4 Å². The Labute approximate surface area is 137 Å². The topological polar surface area (TPSA) is 72.0 Å². The standard InChI is InChI=1S/C17H14BF2N3O/c19-17(20)5-6-18(24)14-7-10(2-4-13(14)17)11-1-3-12-15(21)9-22-23-16(12)8-11/h1-4,7-9,24H,5-6H2,(H2,21,23). The van der Waals surface area contributed by atoms with Gasteiger partial charge in [-0.15, -0.1) is 0 Å². The zero-order valence-corrected chi connectivity index (χ0v) is 12.7. The maximum absolute atomic E-state index is 14.0. The number of hydrogen-bond acceptors (Lipinski definition) is 4. The molecule has 7 heteroatoms. The monoisotopic (exact) mass is 325 g/mol. The molecule has 1 aliphatic heterocycles. The Morgan fingerprint density at radius 2 is 1.88 bits per heavy atom. The predicted molar refractivity (Wildman–Crippen MR) is 90.3 cm³/mol. The molecule has 0 amide bonds. The van der Waals surface area contributed by atoms with E-state index in [1.54, 1.807) is 12.1 Å². The number of halogens is 2. The Hall–Kier alpha value is -2.54. The number of nitrogen functional groups attached to an aromatic ring is 1. The second kappa shape index (κ2) is 5.24. The fourth-order valence-electron chi connectivity index (χ4n) is 3.22. The molecule has 4 rings (SSSR count). The molecule has 0 fully saturated rings. The molecular formula is C17H14BF2N3O. The van der Waals surface area contributed by atoms with Crippen molar-refractivity contribution < 1.29 is 13.8 Å². The van der Waals surface area contributed by atoms with Gasteiger partial charge in [0.25, 0.3) is 5.92 Å². The summed E-state index contributed by atoms with van der Waals surface area (Å²) in [4.78, 5) is 0. The molecule has 0 saturated carbocycles. The maximum Gasteiger partial charge on any atom is 0.324 e. The van der Waals surface area contributed by atoms with Crippen LogP contribution >= 0.6 is 0 Å². The largest absolute Gasteiger partial charge is 0.446 e. The summed E-state index contributed by atoms with van der Waals surface area (Å²) in [6.07, 6.45) is 1.22. The van der Waals surface area contributed by atoms with Gasteiger partial charge in [-0.1, -0.05) is 24.3 Å². The second-order valence-corrected chi connectivity index (χ2v) is 6.09. The highest BCUT2D eigenvalue weighted by Gasteiger charge is 2.41. The molecule has 3 N–H and O–H groups in total. The van der Waals surface area contributed by atoms with Crippen LogP contribution in [0.1, 0.15) is 12.0 Å². The number of rotatable bonds is 1. The summed E-state index contributed by atoms with van der Waals surface area (Å²) in [5.41, 5.74) is 8.80. The van der Waals surface area contributed by atoms with Crippen LogP contribution in [0.4, 0.5) is 14.5 Å². The molecular weight excluding hydrogens is 311 g/mol. The van der Waals surface area contributed by atoms with Gasteiger partial charge in [-0.25, -0.2) is 8.78 Å². The van der Waals surface area contributed by atoms with E-state index in [4.69, 9.17) is 5.73 Å². The third-order valence-corrected chi connectivity index (χ3v) is 4.54. The molecule has 0 saturated heterocycles. The van der Waals surface area contributed by atoms with Gasteiger partial charge in [0.15, 0.2) is 0 Å². The summed E-state index contributed by atoms with van der Waals surface area (Å²) in [5.74, 6) is -2.89. The molecule has 1 aromatic heterocycles. The molecule has 120 valence electrons. The lowest BCUT2D eigenvalue weighted by atomic mass is 9.52. The Bertz CT molecular complexity index is 948. The van der Waals surface area contributed by atoms with Crippen LogP contribution in [0.3, 0.4) is 0 Å². The van der Waals surface area contributed by atoms with Gasteiger partial charge >= 0.3 is 6.92 Å². The lowest BCUT2D eigenvalue weighted by molar-refractivity contribution is -0.00991. The summed E-state index contributed by atoms with van der Waals surface area (Å²) < 4.78 is 28.0. The van der Waals surface area contributed by atoms with E-state index in [1.165, 1.54) is 12.3 Å². The van der Waals surface area contributed by atoms with Crippen LogP contribution in [-0.4, -0.2) is 22.1 Å². The number of aromatic nitrogens is 2. The molecule has 0 unspecified atom stereocenters. The first-order valence-corrected chi connectivity index (χ1v) is 7.67. The molecule has 2 heterocycles. The molecule has 4 nitrogen and oxygen atoms in total. The van der Waals surface area contributed by atoms with Crippen molar-refractivity contribution in [3.05, 3.63) is 48.2 Å². The van der Waals surface area contributed by atoms with E-state index < -0.39 is 12.8 Å². The van der Waals surface area contributed by atoms with Crippen LogP contribution < -0.4 is 11.2 Å². The number of alkyl halides is 2. The number of benzene rings is 2. The predicted octanol–water partition coefficient (Wildman–Crippen LogP) is 2.57. The van der Waals surface area contributed by atoms with Crippen molar-refractivity contribution in [1.82, 2.24) is 10.2 Å². The SMILES string of the molecule is Nc1cnnc2cc(-c3ccc4c(c3)B(O)CCC4(F)F)ccc12. The van der Waals surface area contributed by atoms with E-state index in [2.05, 4.69) is 10.2 Å². The minimum absolute atomic E-state index is 0.0587. The zero-order chi connectivity index (χ0) is 16.9. The van der Waals surface area contributed by atoms with E-state index in [0.717, 1.165) is 16.5 Å². The maximum atomic E-state index is 14.0. The van der Waals surface area contributed by atoms with Crippen molar-refractivity contribution in [2.45, 2.75) is 18.7 Å². The summed E-state index contributed by atoms with van der Waals surface area (Å²) in [5, 5.41) is 18.8. The van der Waals surface area contributed by atoms with Crippen molar-refractivity contribution in [1.29, 1.82) is 0 Å². The van der Waals surface area contributed by atoms with E-state index >= 15 is 0 Å². The number of fused-ring (bicyclic) bond motifs is 2. The zero-order valence-electron chi connectivity index (χ0n) is 12.7. The van der Waals surface area contributed by atoms with Crippen molar-refractivity contribution in [3.63, 3.8) is 0 Å². The Morgan fingerprint density at radius 3 is 2.71 bits per heavy atom. The van der Waals surface area contributed by atoms with E-state index in [-0.39, 0.29) is 18.3 Å². The normalized spacial score (nSPS) is 16.2. The summed E-state index contributed by atoms with van der Waals surface area (Å²) in [6.45, 7) is -0.865. The quantitative estimate of drug-likeness (QED) is 0.675. The smallest absolute Gasteiger partial charge is 0.324 e. The minimum Gasteiger partial charge on any atom is -0.446 e. The molecule has 24 heavy (non-hydrogen) atoms. The summed E-state index contributed by atoms with van der Waals surface area (Å²) in [6, 6.07) is 10.2. The number of anilines is 1. The van der Waals surface area contributed by atoms with Gasteiger partial charge < -0.3 is 10.8 Å². The first kappa shape index (κ1) is 15.0. The number of hydrogen-bond donors (Lipinski definition) is 2. The van der Waals surface area contributed by atoms with E-state index in [0.29, 0.717) is 16.7 Å². The van der Waals surface area contributed by atoms with Crippen LogP contribution in [0.15, 0.2) is 42.6 Å². The molecule has 0 atom stereocenters. The number of nitrogens with zero attached hydrogens (tertiary/aromatic N) is 2. The van der Waals surface area contributed by atoms with Gasteiger partial charge in [0.05, 0.1) is 17.4 Å². The van der Waals surface area contributed by atoms with E-state index in [9.17, 15) is 13.8 Å². The Morgan fingerprint density at radius 1 is 1.12 bits per heavy atom. The Kier molecular flexibility index (Phi) is 3.28. The second-order valence-electron chi connectivity index (χ2n) is 6.09. The molecule has 0 aliphatic carbocycles. The molecule has 3 aromatic rings. The highest BCUT2D eigenvalue weighted by Crippen LogP contribution is 2.37. The van der Waals surface area contributed by atoms with Crippen LogP contribution in [0, 0.1) is 0 Å². The van der Waals surface area contributed by atoms with Gasteiger partial charge in [-0.2, -0.15) is 10.2 Å². The third kappa shape index (κ3) is 2.32. The fourth-order valence-corrected chi connectivity index (χ4v) is 3.22. The number of nitrogens with two attached hydrogens (primary N) is 1. The van der Waals surface area contributed by atoms with Crippen LogP contribution in [0.25, 0.3) is 22.0 Å². The summed E-state index contributed by atoms with van der Waals surface area (Å²) in [7, 11) is 0. The van der Waals surface area contributed by atoms with Gasteiger partial charge in [-0.3, -0.25) is 0 Å². The lowest BCUT2D eigenvalue weighted by Crippen LogP contribution is -2.42. The van der Waals surface area contributed by atoms with E-state index in [1.807, 2.05) is 18.2 Å². The third-order valence-electron chi connectivity index (χ3n) is 4.54. The highest BCUT2D eigenvalue weighted by molar-refractivity contribution is 6.67. The average Bonchev–Trinajstić information content (AvgIpc) is 2.58. The van der Waals surface area contributed by atoms with Crippen molar-refractivity contribution in [2.75, 3.05) is 5.73 Å². The molecule has 0 spiro atoms. The lowest BCUT2D eigenvalue weighted by Gasteiger charge is -2.27. The van der Waals surface area contributed by atoms with Crippen molar-refractivity contribution >= 4 is 29.0 Å². The first-order chi connectivity index (χ1) is 11.5. The molecule has 1 aliphatic rings.